The van der Waals surface area contributed by atoms with Gasteiger partial charge in [0.05, 0.1) is 6.04 Å². The standard InChI is InChI=1S/C17H28N2O/c1-5-16(11-15-9-7-6-8-10-15)19-14(4)17(20)18-12-13(2)3/h6-10,13-14,16,19H,5,11-12H2,1-4H3,(H,18,20). The fourth-order valence-corrected chi connectivity index (χ4v) is 2.11. The minimum Gasteiger partial charge on any atom is -0.354 e. The van der Waals surface area contributed by atoms with Crippen LogP contribution in [0.5, 0.6) is 0 Å². The van der Waals surface area contributed by atoms with E-state index in [0.717, 1.165) is 19.4 Å². The van der Waals surface area contributed by atoms with Gasteiger partial charge in [0.25, 0.3) is 0 Å². The van der Waals surface area contributed by atoms with Crippen molar-refractivity contribution in [1.29, 1.82) is 0 Å². The van der Waals surface area contributed by atoms with Crippen molar-refractivity contribution in [3.05, 3.63) is 35.9 Å². The van der Waals surface area contributed by atoms with Gasteiger partial charge < -0.3 is 10.6 Å². The monoisotopic (exact) mass is 276 g/mol. The van der Waals surface area contributed by atoms with E-state index in [1.165, 1.54) is 5.56 Å². The molecule has 2 unspecified atom stereocenters. The smallest absolute Gasteiger partial charge is 0.236 e. The summed E-state index contributed by atoms with van der Waals surface area (Å²) in [5, 5.41) is 6.40. The topological polar surface area (TPSA) is 41.1 Å². The summed E-state index contributed by atoms with van der Waals surface area (Å²) < 4.78 is 0. The molecule has 0 heterocycles. The van der Waals surface area contributed by atoms with Crippen LogP contribution in [0, 0.1) is 5.92 Å². The highest BCUT2D eigenvalue weighted by molar-refractivity contribution is 5.81. The van der Waals surface area contributed by atoms with Crippen LogP contribution in [-0.2, 0) is 11.2 Å². The average molecular weight is 276 g/mol. The highest BCUT2D eigenvalue weighted by Crippen LogP contribution is 2.06. The first-order valence-electron chi connectivity index (χ1n) is 7.60. The largest absolute Gasteiger partial charge is 0.354 e. The van der Waals surface area contributed by atoms with Crippen LogP contribution in [0.15, 0.2) is 30.3 Å². The second-order valence-electron chi connectivity index (χ2n) is 5.82. The predicted octanol–water partition coefficient (Wildman–Crippen LogP) is 2.76. The minimum absolute atomic E-state index is 0.0882. The third-order valence-electron chi connectivity index (χ3n) is 3.38. The number of carbonyl (C=O) groups is 1. The Morgan fingerprint density at radius 3 is 2.35 bits per heavy atom. The molecule has 2 atom stereocenters. The number of amides is 1. The number of hydrogen-bond acceptors (Lipinski definition) is 2. The molecule has 1 amide bonds. The molecule has 0 aliphatic heterocycles. The first-order valence-corrected chi connectivity index (χ1v) is 7.60. The molecular weight excluding hydrogens is 248 g/mol. The molecule has 0 radical (unpaired) electrons. The van der Waals surface area contributed by atoms with Crippen LogP contribution in [0.3, 0.4) is 0 Å². The van der Waals surface area contributed by atoms with Gasteiger partial charge in [-0.05, 0) is 31.2 Å². The summed E-state index contributed by atoms with van der Waals surface area (Å²) in [7, 11) is 0. The van der Waals surface area contributed by atoms with Crippen molar-refractivity contribution in [2.24, 2.45) is 5.92 Å². The van der Waals surface area contributed by atoms with Crippen molar-refractivity contribution in [3.8, 4) is 0 Å². The number of nitrogens with one attached hydrogen (secondary N) is 2. The molecule has 0 aliphatic rings. The maximum absolute atomic E-state index is 12.0. The molecule has 0 spiro atoms. The minimum atomic E-state index is -0.151. The van der Waals surface area contributed by atoms with E-state index in [4.69, 9.17) is 0 Å². The second-order valence-corrected chi connectivity index (χ2v) is 5.82. The van der Waals surface area contributed by atoms with Crippen molar-refractivity contribution in [2.45, 2.75) is 52.6 Å². The van der Waals surface area contributed by atoms with Gasteiger partial charge in [-0.15, -0.1) is 0 Å². The maximum atomic E-state index is 12.0. The highest BCUT2D eigenvalue weighted by Gasteiger charge is 2.17. The highest BCUT2D eigenvalue weighted by atomic mass is 16.2. The van der Waals surface area contributed by atoms with Gasteiger partial charge in [-0.25, -0.2) is 0 Å². The molecule has 0 aliphatic carbocycles. The molecule has 0 bridgehead atoms. The summed E-state index contributed by atoms with van der Waals surface area (Å²) in [6.07, 6.45) is 1.97. The molecule has 3 nitrogen and oxygen atoms in total. The Labute approximate surface area is 123 Å². The molecule has 0 saturated heterocycles. The van der Waals surface area contributed by atoms with E-state index in [1.807, 2.05) is 13.0 Å². The summed E-state index contributed by atoms with van der Waals surface area (Å²) in [5.74, 6) is 0.572. The van der Waals surface area contributed by atoms with E-state index in [-0.39, 0.29) is 11.9 Å². The number of hydrogen-bond donors (Lipinski definition) is 2. The molecule has 1 rings (SSSR count). The Bertz CT molecular complexity index is 389. The lowest BCUT2D eigenvalue weighted by atomic mass is 10.0. The summed E-state index contributed by atoms with van der Waals surface area (Å²) in [6.45, 7) is 9.02. The Balaban J connectivity index is 2.45. The van der Waals surface area contributed by atoms with Crippen LogP contribution in [0.25, 0.3) is 0 Å². The SMILES string of the molecule is CCC(Cc1ccccc1)NC(C)C(=O)NCC(C)C. The van der Waals surface area contributed by atoms with Crippen molar-refractivity contribution in [3.63, 3.8) is 0 Å². The number of carbonyl (C=O) groups excluding carboxylic acids is 1. The average Bonchev–Trinajstić information content (AvgIpc) is 2.44. The molecule has 20 heavy (non-hydrogen) atoms. The van der Waals surface area contributed by atoms with Crippen molar-refractivity contribution < 1.29 is 4.79 Å². The summed E-state index contributed by atoms with van der Waals surface area (Å²) in [5.41, 5.74) is 1.31. The van der Waals surface area contributed by atoms with Gasteiger partial charge in [0, 0.05) is 12.6 Å². The molecular formula is C17H28N2O. The van der Waals surface area contributed by atoms with Crippen LogP contribution in [0.2, 0.25) is 0 Å². The summed E-state index contributed by atoms with van der Waals surface area (Å²) >= 11 is 0. The van der Waals surface area contributed by atoms with E-state index in [9.17, 15) is 4.79 Å². The Morgan fingerprint density at radius 1 is 1.15 bits per heavy atom. The zero-order valence-corrected chi connectivity index (χ0v) is 13.1. The maximum Gasteiger partial charge on any atom is 0.236 e. The second kappa shape index (κ2) is 8.75. The first-order chi connectivity index (χ1) is 9.52. The van der Waals surface area contributed by atoms with Gasteiger partial charge in [-0.3, -0.25) is 4.79 Å². The first kappa shape index (κ1) is 16.7. The van der Waals surface area contributed by atoms with E-state index >= 15 is 0 Å². The van der Waals surface area contributed by atoms with E-state index in [1.54, 1.807) is 0 Å². The third kappa shape index (κ3) is 6.20. The lowest BCUT2D eigenvalue weighted by Crippen LogP contribution is -2.47. The zero-order valence-electron chi connectivity index (χ0n) is 13.1. The summed E-state index contributed by atoms with van der Waals surface area (Å²) in [6, 6.07) is 10.6. The van der Waals surface area contributed by atoms with Crippen molar-refractivity contribution in [1.82, 2.24) is 10.6 Å². The van der Waals surface area contributed by atoms with Crippen LogP contribution in [-0.4, -0.2) is 24.5 Å². The van der Waals surface area contributed by atoms with Crippen LogP contribution in [0.1, 0.15) is 39.7 Å². The molecule has 3 heteroatoms. The predicted molar refractivity (Wildman–Crippen MR) is 84.7 cm³/mol. The fraction of sp³-hybridized carbons (Fsp3) is 0.588. The molecule has 0 aromatic heterocycles. The van der Waals surface area contributed by atoms with Crippen molar-refractivity contribution in [2.75, 3.05) is 6.54 Å². The fourth-order valence-electron chi connectivity index (χ4n) is 2.11. The quantitative estimate of drug-likeness (QED) is 0.766. The van der Waals surface area contributed by atoms with E-state index in [2.05, 4.69) is 55.7 Å². The molecule has 112 valence electrons. The van der Waals surface area contributed by atoms with Gasteiger partial charge in [0.1, 0.15) is 0 Å². The molecule has 1 aromatic carbocycles. The molecule has 0 fully saturated rings. The van der Waals surface area contributed by atoms with E-state index in [0.29, 0.717) is 12.0 Å². The lowest BCUT2D eigenvalue weighted by Gasteiger charge is -2.22. The van der Waals surface area contributed by atoms with Crippen molar-refractivity contribution >= 4 is 5.91 Å². The Morgan fingerprint density at radius 2 is 1.80 bits per heavy atom. The molecule has 0 saturated carbocycles. The molecule has 1 aromatic rings. The van der Waals surface area contributed by atoms with Gasteiger partial charge in [-0.1, -0.05) is 51.1 Å². The third-order valence-corrected chi connectivity index (χ3v) is 3.38. The van der Waals surface area contributed by atoms with E-state index < -0.39 is 0 Å². The van der Waals surface area contributed by atoms with Gasteiger partial charge in [0.2, 0.25) is 5.91 Å². The van der Waals surface area contributed by atoms with Gasteiger partial charge in [0.15, 0.2) is 0 Å². The normalized spacial score (nSPS) is 14.1. The Kier molecular flexibility index (Phi) is 7.31. The van der Waals surface area contributed by atoms with Crippen LogP contribution >= 0.6 is 0 Å². The number of rotatable bonds is 8. The zero-order chi connectivity index (χ0) is 15.0. The van der Waals surface area contributed by atoms with Gasteiger partial charge in [-0.2, -0.15) is 0 Å². The molecule has 2 N–H and O–H groups in total. The summed E-state index contributed by atoms with van der Waals surface area (Å²) in [4.78, 5) is 12.0. The van der Waals surface area contributed by atoms with Crippen LogP contribution in [0.4, 0.5) is 0 Å². The lowest BCUT2D eigenvalue weighted by molar-refractivity contribution is -0.123. The Hall–Kier alpha value is -1.35. The van der Waals surface area contributed by atoms with Crippen LogP contribution < -0.4 is 10.6 Å². The number of benzene rings is 1. The van der Waals surface area contributed by atoms with Gasteiger partial charge >= 0.3 is 0 Å².